The fourth-order valence-electron chi connectivity index (χ4n) is 3.55. The first-order valence-electron chi connectivity index (χ1n) is 10.5. The van der Waals surface area contributed by atoms with Crippen LogP contribution in [-0.4, -0.2) is 34.4 Å². The molecule has 1 aliphatic heterocycles. The smallest absolute Gasteiger partial charge is 0.338 e. The van der Waals surface area contributed by atoms with Crippen molar-refractivity contribution in [2.24, 2.45) is 0 Å². The minimum Gasteiger partial charge on any atom is -0.462 e. The molecule has 0 bridgehead atoms. The SMILES string of the molecule is CCOC(=O)c1ccc(NC(=O)[C@H]2CC(=O)Nc3nc(Nc4cc(Cl)cc(Cl)c4)[nH]c(=O)c32)cc1. The quantitative estimate of drug-likeness (QED) is 0.362. The number of ether oxygens (including phenoxy) is 1. The molecule has 0 radical (unpaired) electrons. The lowest BCUT2D eigenvalue weighted by atomic mass is 9.92. The van der Waals surface area contributed by atoms with E-state index in [2.05, 4.69) is 25.9 Å². The number of amides is 2. The van der Waals surface area contributed by atoms with E-state index in [-0.39, 0.29) is 30.4 Å². The number of anilines is 4. The molecular weight excluding hydrogens is 497 g/mol. The molecule has 2 heterocycles. The monoisotopic (exact) mass is 515 g/mol. The predicted octanol–water partition coefficient (Wildman–Crippen LogP) is 4.06. The van der Waals surface area contributed by atoms with E-state index in [1.807, 2.05) is 0 Å². The van der Waals surface area contributed by atoms with E-state index in [4.69, 9.17) is 27.9 Å². The fraction of sp³-hybridized carbons (Fsp3) is 0.174. The van der Waals surface area contributed by atoms with Crippen LogP contribution in [0.3, 0.4) is 0 Å². The van der Waals surface area contributed by atoms with E-state index >= 15 is 0 Å². The second-order valence-electron chi connectivity index (χ2n) is 7.55. The molecule has 1 atom stereocenters. The summed E-state index contributed by atoms with van der Waals surface area (Å²) in [4.78, 5) is 56.8. The number of hydrogen-bond donors (Lipinski definition) is 4. The predicted molar refractivity (Wildman–Crippen MR) is 132 cm³/mol. The number of nitrogens with one attached hydrogen (secondary N) is 4. The number of carbonyl (C=O) groups is 3. The van der Waals surface area contributed by atoms with Crippen LogP contribution in [0, 0.1) is 0 Å². The Morgan fingerprint density at radius 1 is 1.09 bits per heavy atom. The molecule has 0 aliphatic carbocycles. The van der Waals surface area contributed by atoms with Crippen molar-refractivity contribution in [3.05, 3.63) is 74.0 Å². The molecule has 2 aromatic carbocycles. The van der Waals surface area contributed by atoms with Crippen LogP contribution in [-0.2, 0) is 14.3 Å². The van der Waals surface area contributed by atoms with Crippen molar-refractivity contribution < 1.29 is 19.1 Å². The molecular formula is C23H19Cl2N5O5. The topological polar surface area (TPSA) is 142 Å². The zero-order valence-corrected chi connectivity index (χ0v) is 19.8. The number of aromatic nitrogens is 2. The van der Waals surface area contributed by atoms with Crippen molar-refractivity contribution in [2.45, 2.75) is 19.3 Å². The second kappa shape index (κ2) is 10.2. The van der Waals surface area contributed by atoms with Gasteiger partial charge in [0, 0.05) is 27.8 Å². The Balaban J connectivity index is 1.57. The minimum atomic E-state index is -1.07. The maximum atomic E-state index is 13.0. The van der Waals surface area contributed by atoms with Gasteiger partial charge in [0.25, 0.3) is 5.56 Å². The molecule has 35 heavy (non-hydrogen) atoms. The summed E-state index contributed by atoms with van der Waals surface area (Å²) in [5, 5.41) is 8.83. The molecule has 0 unspecified atom stereocenters. The van der Waals surface area contributed by atoms with Gasteiger partial charge in [0.1, 0.15) is 5.82 Å². The van der Waals surface area contributed by atoms with Gasteiger partial charge in [-0.05, 0) is 49.4 Å². The van der Waals surface area contributed by atoms with Gasteiger partial charge in [-0.1, -0.05) is 23.2 Å². The molecule has 1 aliphatic rings. The molecule has 0 saturated carbocycles. The largest absolute Gasteiger partial charge is 0.462 e. The van der Waals surface area contributed by atoms with Gasteiger partial charge >= 0.3 is 5.97 Å². The Labute approximate surface area is 209 Å². The summed E-state index contributed by atoms with van der Waals surface area (Å²) < 4.78 is 4.93. The van der Waals surface area contributed by atoms with E-state index in [0.717, 1.165) is 0 Å². The summed E-state index contributed by atoms with van der Waals surface area (Å²) in [5.74, 6) is -2.59. The van der Waals surface area contributed by atoms with Crippen molar-refractivity contribution in [3.8, 4) is 0 Å². The highest BCUT2D eigenvalue weighted by Gasteiger charge is 2.34. The molecule has 1 aromatic heterocycles. The van der Waals surface area contributed by atoms with Crippen molar-refractivity contribution in [3.63, 3.8) is 0 Å². The number of aromatic amines is 1. The van der Waals surface area contributed by atoms with Gasteiger partial charge in [0.15, 0.2) is 0 Å². The lowest BCUT2D eigenvalue weighted by Gasteiger charge is -2.23. The van der Waals surface area contributed by atoms with Crippen LogP contribution in [0.5, 0.6) is 0 Å². The number of fused-ring (bicyclic) bond motifs is 1. The number of esters is 1. The lowest BCUT2D eigenvalue weighted by Crippen LogP contribution is -2.36. The van der Waals surface area contributed by atoms with Gasteiger partial charge in [-0.2, -0.15) is 4.98 Å². The average molecular weight is 516 g/mol. The Morgan fingerprint density at radius 3 is 2.43 bits per heavy atom. The van der Waals surface area contributed by atoms with E-state index in [1.165, 1.54) is 24.3 Å². The molecule has 0 saturated heterocycles. The van der Waals surface area contributed by atoms with Crippen molar-refractivity contribution >= 4 is 64.1 Å². The standard InChI is InChI=1S/C23H19Cl2N5O5/c1-2-35-22(34)11-3-5-14(6-4-11)26-20(32)16-10-17(31)28-19-18(16)21(33)30-23(29-19)27-15-8-12(24)7-13(25)9-15/h3-9,16H,2,10H2,1H3,(H,26,32)(H3,27,28,29,30,31,33)/t16-/m0/s1. The van der Waals surface area contributed by atoms with Crippen molar-refractivity contribution in [1.29, 1.82) is 0 Å². The lowest BCUT2D eigenvalue weighted by molar-refractivity contribution is -0.123. The van der Waals surface area contributed by atoms with E-state index < -0.39 is 29.3 Å². The molecule has 0 fully saturated rings. The number of benzene rings is 2. The van der Waals surface area contributed by atoms with Gasteiger partial charge in [-0.3, -0.25) is 19.4 Å². The molecule has 180 valence electrons. The maximum absolute atomic E-state index is 13.0. The molecule has 4 N–H and O–H groups in total. The summed E-state index contributed by atoms with van der Waals surface area (Å²) in [7, 11) is 0. The van der Waals surface area contributed by atoms with E-state index in [1.54, 1.807) is 25.1 Å². The summed E-state index contributed by atoms with van der Waals surface area (Å²) >= 11 is 12.0. The van der Waals surface area contributed by atoms with E-state index in [9.17, 15) is 19.2 Å². The van der Waals surface area contributed by atoms with E-state index in [0.29, 0.717) is 27.0 Å². The van der Waals surface area contributed by atoms with Crippen LogP contribution in [0.15, 0.2) is 47.3 Å². The Kier molecular flexibility index (Phi) is 7.04. The molecule has 12 heteroatoms. The number of hydrogen-bond acceptors (Lipinski definition) is 7. The Morgan fingerprint density at radius 2 is 1.77 bits per heavy atom. The van der Waals surface area contributed by atoms with Crippen molar-refractivity contribution in [2.75, 3.05) is 22.6 Å². The van der Waals surface area contributed by atoms with Gasteiger partial charge in [0.05, 0.1) is 23.7 Å². The van der Waals surface area contributed by atoms with Crippen LogP contribution >= 0.6 is 23.2 Å². The van der Waals surface area contributed by atoms with Gasteiger partial charge in [-0.25, -0.2) is 4.79 Å². The zero-order valence-electron chi connectivity index (χ0n) is 18.3. The summed E-state index contributed by atoms with van der Waals surface area (Å²) in [6.07, 6.45) is -0.235. The zero-order chi connectivity index (χ0) is 25.1. The first-order valence-corrected chi connectivity index (χ1v) is 11.2. The third kappa shape index (κ3) is 5.61. The van der Waals surface area contributed by atoms with Gasteiger partial charge in [-0.15, -0.1) is 0 Å². The van der Waals surface area contributed by atoms with Crippen LogP contribution in [0.25, 0.3) is 0 Å². The highest BCUT2D eigenvalue weighted by Crippen LogP contribution is 2.31. The second-order valence-corrected chi connectivity index (χ2v) is 8.42. The van der Waals surface area contributed by atoms with Gasteiger partial charge < -0.3 is 20.7 Å². The minimum absolute atomic E-state index is 0.0277. The maximum Gasteiger partial charge on any atom is 0.338 e. The number of nitrogens with zero attached hydrogens (tertiary/aromatic N) is 1. The Bertz CT molecular complexity index is 1350. The number of carbonyl (C=O) groups excluding carboxylic acids is 3. The van der Waals surface area contributed by atoms with Crippen LogP contribution in [0.2, 0.25) is 10.0 Å². The summed E-state index contributed by atoms with van der Waals surface area (Å²) in [6, 6.07) is 10.8. The fourth-order valence-corrected chi connectivity index (χ4v) is 4.08. The normalized spacial score (nSPS) is 14.5. The first kappa shape index (κ1) is 24.2. The number of rotatable bonds is 6. The highest BCUT2D eigenvalue weighted by molar-refractivity contribution is 6.35. The molecule has 10 nitrogen and oxygen atoms in total. The molecule has 2 amide bonds. The summed E-state index contributed by atoms with van der Waals surface area (Å²) in [5.41, 5.74) is 0.613. The number of halogens is 2. The molecule has 0 spiro atoms. The first-order chi connectivity index (χ1) is 16.7. The average Bonchev–Trinajstić information content (AvgIpc) is 2.78. The van der Waals surface area contributed by atoms with Crippen LogP contribution in [0.1, 0.15) is 35.2 Å². The third-order valence-electron chi connectivity index (χ3n) is 5.06. The molecule has 4 rings (SSSR count). The van der Waals surface area contributed by atoms with Crippen molar-refractivity contribution in [1.82, 2.24) is 9.97 Å². The third-order valence-corrected chi connectivity index (χ3v) is 5.49. The summed E-state index contributed by atoms with van der Waals surface area (Å²) in [6.45, 7) is 1.94. The highest BCUT2D eigenvalue weighted by atomic mass is 35.5. The molecule has 3 aromatic rings. The van der Waals surface area contributed by atoms with Gasteiger partial charge in [0.2, 0.25) is 17.8 Å². The van der Waals surface area contributed by atoms with Crippen LogP contribution < -0.4 is 21.5 Å². The number of H-pyrrole nitrogens is 1. The van der Waals surface area contributed by atoms with Crippen LogP contribution in [0.4, 0.5) is 23.1 Å². The Hall–Kier alpha value is -3.89.